The molecule has 2 aromatic carbocycles. The summed E-state index contributed by atoms with van der Waals surface area (Å²) in [6.07, 6.45) is 4.95. The van der Waals surface area contributed by atoms with Crippen molar-refractivity contribution in [1.82, 2.24) is 10.2 Å². The predicted molar refractivity (Wildman–Crippen MR) is 136 cm³/mol. The summed E-state index contributed by atoms with van der Waals surface area (Å²) in [4.78, 5) is 27.9. The lowest BCUT2D eigenvalue weighted by molar-refractivity contribution is -0.139. The van der Waals surface area contributed by atoms with Crippen molar-refractivity contribution >= 4 is 50.7 Å². The van der Waals surface area contributed by atoms with Crippen LogP contribution in [0.2, 0.25) is 10.0 Å². The molecule has 0 aliphatic heterocycles. The number of anilines is 1. The Morgan fingerprint density at radius 1 is 1.03 bits per heavy atom. The van der Waals surface area contributed by atoms with Crippen molar-refractivity contribution in [2.75, 3.05) is 17.1 Å². The third-order valence-corrected chi connectivity index (χ3v) is 7.83. The summed E-state index contributed by atoms with van der Waals surface area (Å²) in [5.74, 6) is -0.839. The van der Waals surface area contributed by atoms with Crippen molar-refractivity contribution in [2.24, 2.45) is 0 Å². The van der Waals surface area contributed by atoms with Gasteiger partial charge in [0.1, 0.15) is 12.6 Å². The highest BCUT2D eigenvalue weighted by atomic mass is 35.5. The zero-order valence-electron chi connectivity index (χ0n) is 19.2. The van der Waals surface area contributed by atoms with Gasteiger partial charge in [-0.15, -0.1) is 0 Å². The van der Waals surface area contributed by atoms with Gasteiger partial charge in [-0.3, -0.25) is 13.9 Å². The van der Waals surface area contributed by atoms with Crippen molar-refractivity contribution in [3.8, 4) is 0 Å². The summed E-state index contributed by atoms with van der Waals surface area (Å²) < 4.78 is 26.1. The maximum Gasteiger partial charge on any atom is 0.244 e. The Kier molecular flexibility index (Phi) is 8.84. The van der Waals surface area contributed by atoms with E-state index in [0.29, 0.717) is 21.3 Å². The second kappa shape index (κ2) is 11.4. The highest BCUT2D eigenvalue weighted by Gasteiger charge is 2.32. The number of para-hydroxylation sites is 1. The predicted octanol–water partition coefficient (Wildman–Crippen LogP) is 4.24. The zero-order valence-corrected chi connectivity index (χ0v) is 21.5. The van der Waals surface area contributed by atoms with Crippen LogP contribution < -0.4 is 9.62 Å². The van der Waals surface area contributed by atoms with E-state index in [1.807, 2.05) is 0 Å². The van der Waals surface area contributed by atoms with E-state index in [4.69, 9.17) is 23.2 Å². The number of carbonyl (C=O) groups excluding carboxylic acids is 2. The van der Waals surface area contributed by atoms with Gasteiger partial charge in [0.25, 0.3) is 0 Å². The molecule has 1 aliphatic carbocycles. The van der Waals surface area contributed by atoms with Crippen molar-refractivity contribution in [3.63, 3.8) is 0 Å². The van der Waals surface area contributed by atoms with Crippen LogP contribution in [0.1, 0.15) is 38.2 Å². The van der Waals surface area contributed by atoms with E-state index in [9.17, 15) is 18.0 Å². The number of nitrogens with zero attached hydrogens (tertiary/aromatic N) is 2. The van der Waals surface area contributed by atoms with Gasteiger partial charge in [-0.25, -0.2) is 8.42 Å². The molecule has 0 unspecified atom stereocenters. The Labute approximate surface area is 211 Å². The molecule has 0 bridgehead atoms. The average Bonchev–Trinajstić information content (AvgIpc) is 3.29. The van der Waals surface area contributed by atoms with Crippen LogP contribution in [0.3, 0.4) is 0 Å². The van der Waals surface area contributed by atoms with Gasteiger partial charge in [-0.1, -0.05) is 60.3 Å². The summed E-state index contributed by atoms with van der Waals surface area (Å²) in [5, 5.41) is 3.73. The molecule has 1 fully saturated rings. The van der Waals surface area contributed by atoms with Gasteiger partial charge in [-0.05, 0) is 44.0 Å². The standard InChI is InChI=1S/C24H29Cl2N3O4S/c1-17(24(31)27-18-9-6-7-10-18)28(15-20-21(25)13-8-14-22(20)26)23(30)16-29(34(2,32)33)19-11-4-3-5-12-19/h3-5,8,11-14,17-18H,6-7,9-10,15-16H2,1-2H3,(H,27,31)/t17-/m0/s1. The van der Waals surface area contributed by atoms with E-state index in [1.54, 1.807) is 55.5 Å². The molecule has 2 aromatic rings. The van der Waals surface area contributed by atoms with Gasteiger partial charge >= 0.3 is 0 Å². The van der Waals surface area contributed by atoms with E-state index in [2.05, 4.69) is 5.32 Å². The van der Waals surface area contributed by atoms with Crippen LogP contribution in [0.15, 0.2) is 48.5 Å². The van der Waals surface area contributed by atoms with Crippen LogP contribution in [0.5, 0.6) is 0 Å². The average molecular weight is 526 g/mol. The lowest BCUT2D eigenvalue weighted by Gasteiger charge is -2.32. The molecule has 0 saturated heterocycles. The monoisotopic (exact) mass is 525 g/mol. The van der Waals surface area contributed by atoms with Gasteiger partial charge in [0.05, 0.1) is 11.9 Å². The van der Waals surface area contributed by atoms with Gasteiger partial charge in [0.15, 0.2) is 0 Å². The first-order chi connectivity index (χ1) is 16.1. The number of rotatable bonds is 9. The maximum atomic E-state index is 13.5. The van der Waals surface area contributed by atoms with Crippen LogP contribution in [-0.2, 0) is 26.2 Å². The van der Waals surface area contributed by atoms with E-state index >= 15 is 0 Å². The van der Waals surface area contributed by atoms with Gasteiger partial charge < -0.3 is 10.2 Å². The highest BCUT2D eigenvalue weighted by Crippen LogP contribution is 2.27. The minimum atomic E-state index is -3.77. The van der Waals surface area contributed by atoms with Gasteiger partial charge in [-0.2, -0.15) is 0 Å². The first kappa shape index (κ1) is 26.3. The van der Waals surface area contributed by atoms with Crippen LogP contribution in [0.25, 0.3) is 0 Å². The second-order valence-electron chi connectivity index (χ2n) is 8.49. The van der Waals surface area contributed by atoms with Crippen molar-refractivity contribution in [3.05, 3.63) is 64.1 Å². The quantitative estimate of drug-likeness (QED) is 0.530. The Bertz CT molecular complexity index is 1100. The maximum absolute atomic E-state index is 13.5. The van der Waals surface area contributed by atoms with Crippen LogP contribution in [-0.4, -0.2) is 50.0 Å². The number of amides is 2. The molecule has 3 rings (SSSR count). The van der Waals surface area contributed by atoms with E-state index in [-0.39, 0.29) is 18.5 Å². The summed E-state index contributed by atoms with van der Waals surface area (Å²) in [6.45, 7) is 1.12. The Hall–Kier alpha value is -2.29. The number of halogens is 2. The van der Waals surface area contributed by atoms with E-state index in [1.165, 1.54) is 4.90 Å². The van der Waals surface area contributed by atoms with Crippen LogP contribution in [0.4, 0.5) is 5.69 Å². The third kappa shape index (κ3) is 6.64. The summed E-state index contributed by atoms with van der Waals surface area (Å²) in [5.41, 5.74) is 0.849. The molecular weight excluding hydrogens is 497 g/mol. The molecule has 2 amide bonds. The Balaban J connectivity index is 1.91. The number of hydrogen-bond donors (Lipinski definition) is 1. The van der Waals surface area contributed by atoms with Crippen molar-refractivity contribution in [2.45, 2.75) is 51.2 Å². The Morgan fingerprint density at radius 2 is 1.62 bits per heavy atom. The third-order valence-electron chi connectivity index (χ3n) is 5.98. The molecule has 34 heavy (non-hydrogen) atoms. The number of hydrogen-bond acceptors (Lipinski definition) is 4. The van der Waals surface area contributed by atoms with Crippen LogP contribution in [0, 0.1) is 0 Å². The van der Waals surface area contributed by atoms with Gasteiger partial charge in [0.2, 0.25) is 21.8 Å². The van der Waals surface area contributed by atoms with Crippen molar-refractivity contribution in [1.29, 1.82) is 0 Å². The number of benzene rings is 2. The molecule has 1 saturated carbocycles. The molecule has 0 spiro atoms. The number of carbonyl (C=O) groups is 2. The van der Waals surface area contributed by atoms with E-state index < -0.39 is 28.5 Å². The molecule has 1 atom stereocenters. The SMILES string of the molecule is C[C@@H](C(=O)NC1CCCC1)N(Cc1c(Cl)cccc1Cl)C(=O)CN(c1ccccc1)S(C)(=O)=O. The molecule has 1 aliphatic rings. The lowest BCUT2D eigenvalue weighted by atomic mass is 10.1. The highest BCUT2D eigenvalue weighted by molar-refractivity contribution is 7.92. The van der Waals surface area contributed by atoms with Crippen molar-refractivity contribution < 1.29 is 18.0 Å². The minimum absolute atomic E-state index is 0.0387. The number of sulfonamides is 1. The second-order valence-corrected chi connectivity index (χ2v) is 11.2. The number of nitrogens with one attached hydrogen (secondary N) is 1. The molecule has 1 N–H and O–H groups in total. The lowest BCUT2D eigenvalue weighted by Crippen LogP contribution is -2.52. The fourth-order valence-corrected chi connectivity index (χ4v) is 5.40. The summed E-state index contributed by atoms with van der Waals surface area (Å²) >= 11 is 12.7. The Morgan fingerprint density at radius 3 is 2.18 bits per heavy atom. The fraction of sp³-hybridized carbons (Fsp3) is 0.417. The van der Waals surface area contributed by atoms with Crippen LogP contribution >= 0.6 is 23.2 Å². The fourth-order valence-electron chi connectivity index (χ4n) is 4.04. The first-order valence-electron chi connectivity index (χ1n) is 11.1. The first-order valence-corrected chi connectivity index (χ1v) is 13.7. The van der Waals surface area contributed by atoms with Gasteiger partial charge in [0, 0.05) is 28.2 Å². The summed E-state index contributed by atoms with van der Waals surface area (Å²) in [6, 6.07) is 12.6. The molecule has 10 heteroatoms. The smallest absolute Gasteiger partial charge is 0.244 e. The minimum Gasteiger partial charge on any atom is -0.352 e. The molecule has 0 radical (unpaired) electrons. The van der Waals surface area contributed by atoms with E-state index in [0.717, 1.165) is 36.2 Å². The zero-order chi connectivity index (χ0) is 24.9. The topological polar surface area (TPSA) is 86.8 Å². The molecular formula is C24H29Cl2N3O4S. The molecule has 0 aromatic heterocycles. The molecule has 184 valence electrons. The molecule has 0 heterocycles. The normalized spacial score (nSPS) is 15.1. The largest absolute Gasteiger partial charge is 0.352 e. The molecule has 7 nitrogen and oxygen atoms in total. The summed E-state index contributed by atoms with van der Waals surface area (Å²) in [7, 11) is -3.77.